The normalized spacial score (nSPS) is 15.3. The third-order valence-electron chi connectivity index (χ3n) is 5.07. The summed E-state index contributed by atoms with van der Waals surface area (Å²) in [5.74, 6) is 0.653. The van der Waals surface area contributed by atoms with E-state index in [2.05, 4.69) is 26.6 Å². The molecule has 1 aliphatic rings. The van der Waals surface area contributed by atoms with Crippen LogP contribution < -0.4 is 15.4 Å². The predicted octanol–water partition coefficient (Wildman–Crippen LogP) is 4.78. The van der Waals surface area contributed by atoms with E-state index in [9.17, 15) is 9.59 Å². The molecule has 2 heterocycles. The molecule has 0 radical (unpaired) electrons. The summed E-state index contributed by atoms with van der Waals surface area (Å²) < 4.78 is 17.3. The predicted molar refractivity (Wildman–Crippen MR) is 123 cm³/mol. The van der Waals surface area contributed by atoms with Crippen molar-refractivity contribution < 1.29 is 23.5 Å². The summed E-state index contributed by atoms with van der Waals surface area (Å²) in [5, 5.41) is 5.61. The van der Waals surface area contributed by atoms with Crippen LogP contribution in [0.25, 0.3) is 0 Å². The Kier molecular flexibility index (Phi) is 7.24. The highest BCUT2D eigenvalue weighted by Gasteiger charge is 2.18. The van der Waals surface area contributed by atoms with Crippen molar-refractivity contribution in [3.8, 4) is 5.75 Å². The summed E-state index contributed by atoms with van der Waals surface area (Å²) in [5.41, 5.74) is 1.22. The first-order chi connectivity index (χ1) is 15.6. The average Bonchev–Trinajstić information content (AvgIpc) is 3.51. The van der Waals surface area contributed by atoms with Crippen LogP contribution in [0.3, 0.4) is 0 Å². The van der Waals surface area contributed by atoms with Gasteiger partial charge in [0, 0.05) is 12.2 Å². The Morgan fingerprint density at radius 1 is 1.09 bits per heavy atom. The number of hydrogen-bond acceptors (Lipinski definition) is 5. The third kappa shape index (κ3) is 5.57. The standard InChI is InChI=1S/C24H23BrN2O5/c25-20-13-16(9-10-22(20)32-15-18-6-4-12-31-18)23(28)27-21-8-2-1-7-19(21)24(29)26-14-17-5-3-11-30-17/h1-3,5,7-11,13,18H,4,6,12,14-15H2,(H,26,29)(H,27,28). The van der Waals surface area contributed by atoms with E-state index in [1.54, 1.807) is 60.9 Å². The van der Waals surface area contributed by atoms with Crippen molar-refractivity contribution in [3.05, 3.63) is 82.2 Å². The van der Waals surface area contributed by atoms with Crippen LogP contribution in [0.1, 0.15) is 39.3 Å². The Morgan fingerprint density at radius 2 is 1.97 bits per heavy atom. The minimum Gasteiger partial charge on any atom is -0.490 e. The van der Waals surface area contributed by atoms with Crippen LogP contribution in [-0.4, -0.2) is 31.1 Å². The number of rotatable bonds is 8. The minimum absolute atomic E-state index is 0.111. The Bertz CT molecular complexity index is 1080. The monoisotopic (exact) mass is 498 g/mol. The number of para-hydroxylation sites is 1. The molecule has 32 heavy (non-hydrogen) atoms. The van der Waals surface area contributed by atoms with E-state index < -0.39 is 0 Å². The zero-order chi connectivity index (χ0) is 22.3. The first-order valence-corrected chi connectivity index (χ1v) is 11.1. The van der Waals surface area contributed by atoms with E-state index in [0.717, 1.165) is 19.4 Å². The number of carbonyl (C=O) groups excluding carboxylic acids is 2. The van der Waals surface area contributed by atoms with Crippen LogP contribution in [0.5, 0.6) is 5.75 Å². The second kappa shape index (κ2) is 10.5. The van der Waals surface area contributed by atoms with Gasteiger partial charge < -0.3 is 24.5 Å². The van der Waals surface area contributed by atoms with Gasteiger partial charge in [-0.25, -0.2) is 0 Å². The molecule has 2 aromatic carbocycles. The number of hydrogen-bond donors (Lipinski definition) is 2. The van der Waals surface area contributed by atoms with Gasteiger partial charge in [0.15, 0.2) is 0 Å². The summed E-state index contributed by atoms with van der Waals surface area (Å²) in [4.78, 5) is 25.4. The summed E-state index contributed by atoms with van der Waals surface area (Å²) in [7, 11) is 0. The van der Waals surface area contributed by atoms with Gasteiger partial charge in [0.25, 0.3) is 11.8 Å². The van der Waals surface area contributed by atoms with Gasteiger partial charge in [0.1, 0.15) is 18.1 Å². The summed E-state index contributed by atoms with van der Waals surface area (Å²) in [6.07, 6.45) is 3.70. The third-order valence-corrected chi connectivity index (χ3v) is 5.69. The number of amides is 2. The molecule has 0 bridgehead atoms. The maximum Gasteiger partial charge on any atom is 0.255 e. The molecule has 1 unspecified atom stereocenters. The maximum atomic E-state index is 12.8. The van der Waals surface area contributed by atoms with Gasteiger partial charge in [-0.15, -0.1) is 0 Å². The topological polar surface area (TPSA) is 89.8 Å². The second-order valence-corrected chi connectivity index (χ2v) is 8.21. The Morgan fingerprint density at radius 3 is 2.72 bits per heavy atom. The highest BCUT2D eigenvalue weighted by molar-refractivity contribution is 9.10. The fourth-order valence-electron chi connectivity index (χ4n) is 3.38. The van der Waals surface area contributed by atoms with E-state index >= 15 is 0 Å². The van der Waals surface area contributed by atoms with Gasteiger partial charge >= 0.3 is 0 Å². The van der Waals surface area contributed by atoms with E-state index in [4.69, 9.17) is 13.9 Å². The Balaban J connectivity index is 1.40. The van der Waals surface area contributed by atoms with Gasteiger partial charge in [-0.2, -0.15) is 0 Å². The molecule has 1 aliphatic heterocycles. The van der Waals surface area contributed by atoms with Crippen molar-refractivity contribution in [3.63, 3.8) is 0 Å². The van der Waals surface area contributed by atoms with E-state index in [1.807, 2.05) is 0 Å². The molecule has 3 aromatic rings. The molecule has 1 aromatic heterocycles. The molecule has 0 aliphatic carbocycles. The highest BCUT2D eigenvalue weighted by atomic mass is 79.9. The van der Waals surface area contributed by atoms with Crippen molar-refractivity contribution in [2.75, 3.05) is 18.5 Å². The zero-order valence-corrected chi connectivity index (χ0v) is 18.9. The molecule has 166 valence electrons. The van der Waals surface area contributed by atoms with Crippen LogP contribution in [0.4, 0.5) is 5.69 Å². The fraction of sp³-hybridized carbons (Fsp3) is 0.250. The van der Waals surface area contributed by atoms with Gasteiger partial charge in [0.2, 0.25) is 0 Å². The zero-order valence-electron chi connectivity index (χ0n) is 17.3. The average molecular weight is 499 g/mol. The molecular weight excluding hydrogens is 476 g/mol. The van der Waals surface area contributed by atoms with Crippen LogP contribution in [0.2, 0.25) is 0 Å². The van der Waals surface area contributed by atoms with Gasteiger partial charge in [-0.3, -0.25) is 9.59 Å². The SMILES string of the molecule is O=C(Nc1ccccc1C(=O)NCc1ccco1)c1ccc(OCC2CCCO2)c(Br)c1. The van der Waals surface area contributed by atoms with Crippen LogP contribution in [0.15, 0.2) is 69.8 Å². The molecular formula is C24H23BrN2O5. The molecule has 0 saturated carbocycles. The summed E-state index contributed by atoms with van der Waals surface area (Å²) >= 11 is 3.47. The fourth-order valence-corrected chi connectivity index (χ4v) is 3.87. The van der Waals surface area contributed by atoms with E-state index in [0.29, 0.717) is 39.4 Å². The van der Waals surface area contributed by atoms with Crippen molar-refractivity contribution >= 4 is 33.4 Å². The molecule has 2 amide bonds. The second-order valence-electron chi connectivity index (χ2n) is 7.35. The summed E-state index contributed by atoms with van der Waals surface area (Å²) in [6, 6.07) is 15.5. The van der Waals surface area contributed by atoms with Crippen molar-refractivity contribution in [2.24, 2.45) is 0 Å². The number of furan rings is 1. The number of anilines is 1. The lowest BCUT2D eigenvalue weighted by molar-refractivity contribution is 0.0677. The van der Waals surface area contributed by atoms with Gasteiger partial charge in [-0.1, -0.05) is 12.1 Å². The maximum absolute atomic E-state index is 12.8. The molecule has 2 N–H and O–H groups in total. The summed E-state index contributed by atoms with van der Waals surface area (Å²) in [6.45, 7) is 1.51. The van der Waals surface area contributed by atoms with Crippen LogP contribution >= 0.6 is 15.9 Å². The van der Waals surface area contributed by atoms with Crippen LogP contribution in [-0.2, 0) is 11.3 Å². The lowest BCUT2D eigenvalue weighted by Crippen LogP contribution is -2.24. The molecule has 7 nitrogen and oxygen atoms in total. The quantitative estimate of drug-likeness (QED) is 0.466. The van der Waals surface area contributed by atoms with E-state index in [-0.39, 0.29) is 24.5 Å². The number of benzene rings is 2. The number of ether oxygens (including phenoxy) is 2. The largest absolute Gasteiger partial charge is 0.490 e. The van der Waals surface area contributed by atoms with Crippen molar-refractivity contribution in [2.45, 2.75) is 25.5 Å². The first-order valence-electron chi connectivity index (χ1n) is 10.3. The lowest BCUT2D eigenvalue weighted by atomic mass is 10.1. The van der Waals surface area contributed by atoms with E-state index in [1.165, 1.54) is 0 Å². The van der Waals surface area contributed by atoms with Crippen molar-refractivity contribution in [1.29, 1.82) is 0 Å². The van der Waals surface area contributed by atoms with Crippen molar-refractivity contribution in [1.82, 2.24) is 5.32 Å². The molecule has 8 heteroatoms. The molecule has 1 atom stereocenters. The molecule has 1 fully saturated rings. The lowest BCUT2D eigenvalue weighted by Gasteiger charge is -2.14. The molecule has 4 rings (SSSR count). The first kappa shape index (κ1) is 22.1. The Labute approximate surface area is 194 Å². The number of halogens is 1. The molecule has 1 saturated heterocycles. The number of nitrogens with one attached hydrogen (secondary N) is 2. The van der Waals surface area contributed by atoms with Gasteiger partial charge in [0.05, 0.1) is 34.6 Å². The smallest absolute Gasteiger partial charge is 0.255 e. The number of carbonyl (C=O) groups is 2. The Hall–Kier alpha value is -3.10. The van der Waals surface area contributed by atoms with Gasteiger partial charge in [-0.05, 0) is 71.2 Å². The highest BCUT2D eigenvalue weighted by Crippen LogP contribution is 2.28. The minimum atomic E-state index is -0.331. The van der Waals surface area contributed by atoms with Crippen LogP contribution in [0, 0.1) is 0 Å². The molecule has 0 spiro atoms.